The van der Waals surface area contributed by atoms with Gasteiger partial charge in [0.25, 0.3) is 0 Å². The molecule has 1 rings (SSSR count). The molecule has 0 spiro atoms. The smallest absolute Gasteiger partial charge is 0.151 e. The first-order chi connectivity index (χ1) is 6.76. The van der Waals surface area contributed by atoms with E-state index in [4.69, 9.17) is 0 Å². The van der Waals surface area contributed by atoms with Gasteiger partial charge in [0.2, 0.25) is 0 Å². The summed E-state index contributed by atoms with van der Waals surface area (Å²) in [5.41, 5.74) is 0. The zero-order valence-corrected chi connectivity index (χ0v) is 9.62. The Morgan fingerprint density at radius 2 is 2.07 bits per heavy atom. The van der Waals surface area contributed by atoms with Gasteiger partial charge in [0.05, 0.1) is 6.54 Å². The Kier molecular flexibility index (Phi) is 4.84. The van der Waals surface area contributed by atoms with Crippen molar-refractivity contribution >= 4 is 17.1 Å². The van der Waals surface area contributed by atoms with Gasteiger partial charge in [0.15, 0.2) is 5.78 Å². The van der Waals surface area contributed by atoms with Crippen LogP contribution >= 0.6 is 11.3 Å². The summed E-state index contributed by atoms with van der Waals surface area (Å²) in [4.78, 5) is 14.0. The monoisotopic (exact) mass is 211 g/mol. The summed E-state index contributed by atoms with van der Waals surface area (Å²) >= 11 is 1.75. The number of Topliss-reactive ketones (excluding diaryl/α,β-unsaturated/α-hetero) is 1. The summed E-state index contributed by atoms with van der Waals surface area (Å²) in [7, 11) is 0. The number of carbonyl (C=O) groups excluding carboxylic acids is 1. The molecule has 0 aliphatic rings. The quantitative estimate of drug-likeness (QED) is 0.780. The van der Waals surface area contributed by atoms with Gasteiger partial charge < -0.3 is 5.32 Å². The minimum Gasteiger partial charge on any atom is -0.310 e. The Bertz CT molecular complexity index is 293. The standard InChI is InChI=1S/C11H17NOS/c1-3-10-5-6-11(14-10)7-9(13)8-12-4-2/h5-6,12H,3-4,7-8H2,1-2H3. The molecule has 1 N–H and O–H groups in total. The van der Waals surface area contributed by atoms with Crippen LogP contribution in [0.1, 0.15) is 23.6 Å². The van der Waals surface area contributed by atoms with Gasteiger partial charge in [0.1, 0.15) is 0 Å². The van der Waals surface area contributed by atoms with Gasteiger partial charge in [-0.1, -0.05) is 13.8 Å². The first-order valence-corrected chi connectivity index (χ1v) is 5.88. The average molecular weight is 211 g/mol. The van der Waals surface area contributed by atoms with Crippen molar-refractivity contribution in [2.24, 2.45) is 0 Å². The fourth-order valence-corrected chi connectivity index (χ4v) is 2.22. The van der Waals surface area contributed by atoms with Crippen LogP contribution in [-0.4, -0.2) is 18.9 Å². The molecule has 0 saturated heterocycles. The number of aryl methyl sites for hydroxylation is 1. The molecular formula is C11H17NOS. The molecule has 0 atom stereocenters. The molecule has 3 heteroatoms. The highest BCUT2D eigenvalue weighted by atomic mass is 32.1. The Hall–Kier alpha value is -0.670. The van der Waals surface area contributed by atoms with Gasteiger partial charge in [-0.3, -0.25) is 4.79 Å². The Labute approximate surface area is 89.3 Å². The molecule has 1 aromatic rings. The molecule has 0 bridgehead atoms. The van der Waals surface area contributed by atoms with E-state index in [1.54, 1.807) is 11.3 Å². The molecule has 1 aromatic heterocycles. The second kappa shape index (κ2) is 5.94. The second-order valence-corrected chi connectivity index (χ2v) is 4.47. The van der Waals surface area contributed by atoms with Crippen molar-refractivity contribution in [1.82, 2.24) is 5.32 Å². The van der Waals surface area contributed by atoms with Gasteiger partial charge in [-0.2, -0.15) is 0 Å². The first-order valence-electron chi connectivity index (χ1n) is 5.06. The number of hydrogen-bond donors (Lipinski definition) is 1. The Morgan fingerprint density at radius 1 is 1.36 bits per heavy atom. The maximum absolute atomic E-state index is 11.4. The van der Waals surface area contributed by atoms with E-state index in [-0.39, 0.29) is 5.78 Å². The fraction of sp³-hybridized carbons (Fsp3) is 0.545. The van der Waals surface area contributed by atoms with Crippen molar-refractivity contribution < 1.29 is 4.79 Å². The maximum Gasteiger partial charge on any atom is 0.151 e. The minimum absolute atomic E-state index is 0.274. The molecule has 0 radical (unpaired) electrons. The lowest BCUT2D eigenvalue weighted by atomic mass is 10.2. The van der Waals surface area contributed by atoms with Crippen molar-refractivity contribution in [2.45, 2.75) is 26.7 Å². The van der Waals surface area contributed by atoms with Gasteiger partial charge in [-0.25, -0.2) is 0 Å². The molecule has 2 nitrogen and oxygen atoms in total. The van der Waals surface area contributed by atoms with Crippen molar-refractivity contribution in [2.75, 3.05) is 13.1 Å². The zero-order chi connectivity index (χ0) is 10.4. The number of likely N-dealkylation sites (N-methyl/N-ethyl adjacent to an activating group) is 1. The summed E-state index contributed by atoms with van der Waals surface area (Å²) in [5, 5.41) is 3.04. The van der Waals surface area contributed by atoms with Crippen LogP contribution < -0.4 is 5.32 Å². The lowest BCUT2D eigenvalue weighted by molar-refractivity contribution is -0.117. The summed E-state index contributed by atoms with van der Waals surface area (Å²) in [6.07, 6.45) is 1.64. The van der Waals surface area contributed by atoms with Crippen LogP contribution in [0.5, 0.6) is 0 Å². The normalized spacial score (nSPS) is 10.4. The number of hydrogen-bond acceptors (Lipinski definition) is 3. The zero-order valence-electron chi connectivity index (χ0n) is 8.80. The Morgan fingerprint density at radius 3 is 2.64 bits per heavy atom. The molecule has 0 fully saturated rings. The SMILES string of the molecule is CCNCC(=O)Cc1ccc(CC)s1. The topological polar surface area (TPSA) is 29.1 Å². The van der Waals surface area contributed by atoms with Gasteiger partial charge in [-0.15, -0.1) is 11.3 Å². The van der Waals surface area contributed by atoms with Gasteiger partial charge in [0, 0.05) is 16.2 Å². The minimum atomic E-state index is 0.274. The van der Waals surface area contributed by atoms with Crippen molar-refractivity contribution in [1.29, 1.82) is 0 Å². The van der Waals surface area contributed by atoms with Crippen LogP contribution in [0.15, 0.2) is 12.1 Å². The number of rotatable bonds is 6. The van der Waals surface area contributed by atoms with Crippen LogP contribution in [0.3, 0.4) is 0 Å². The molecule has 78 valence electrons. The Balaban J connectivity index is 2.39. The highest BCUT2D eigenvalue weighted by Gasteiger charge is 2.04. The number of nitrogens with one attached hydrogen (secondary N) is 1. The van der Waals surface area contributed by atoms with E-state index in [0.717, 1.165) is 13.0 Å². The molecule has 14 heavy (non-hydrogen) atoms. The maximum atomic E-state index is 11.4. The average Bonchev–Trinajstić information content (AvgIpc) is 2.62. The number of carbonyl (C=O) groups is 1. The molecular weight excluding hydrogens is 194 g/mol. The largest absolute Gasteiger partial charge is 0.310 e. The fourth-order valence-electron chi connectivity index (χ4n) is 1.23. The highest BCUT2D eigenvalue weighted by molar-refractivity contribution is 7.12. The lowest BCUT2D eigenvalue weighted by Crippen LogP contribution is -2.23. The molecule has 0 aliphatic heterocycles. The van der Waals surface area contributed by atoms with Gasteiger partial charge in [-0.05, 0) is 25.1 Å². The highest BCUT2D eigenvalue weighted by Crippen LogP contribution is 2.17. The number of thiophene rings is 1. The molecule has 0 saturated carbocycles. The van der Waals surface area contributed by atoms with Crippen LogP contribution in [0.2, 0.25) is 0 Å². The van der Waals surface area contributed by atoms with E-state index in [0.29, 0.717) is 13.0 Å². The van der Waals surface area contributed by atoms with E-state index < -0.39 is 0 Å². The molecule has 0 aromatic carbocycles. The predicted octanol–water partition coefficient (Wildman–Crippen LogP) is 2.03. The molecule has 0 amide bonds. The predicted molar refractivity (Wildman–Crippen MR) is 61.0 cm³/mol. The first kappa shape index (κ1) is 11.4. The van der Waals surface area contributed by atoms with E-state index in [1.807, 2.05) is 6.92 Å². The van der Waals surface area contributed by atoms with Crippen LogP contribution in [0.25, 0.3) is 0 Å². The van der Waals surface area contributed by atoms with E-state index in [2.05, 4.69) is 24.4 Å². The molecule has 0 aliphatic carbocycles. The summed E-state index contributed by atoms with van der Waals surface area (Å²) in [5.74, 6) is 0.274. The third kappa shape index (κ3) is 3.60. The summed E-state index contributed by atoms with van der Waals surface area (Å²) < 4.78 is 0. The lowest BCUT2D eigenvalue weighted by Gasteiger charge is -1.98. The third-order valence-electron chi connectivity index (χ3n) is 2.01. The second-order valence-electron chi connectivity index (χ2n) is 3.22. The van der Waals surface area contributed by atoms with Gasteiger partial charge >= 0.3 is 0 Å². The summed E-state index contributed by atoms with van der Waals surface area (Å²) in [6, 6.07) is 4.17. The van der Waals surface area contributed by atoms with E-state index >= 15 is 0 Å². The van der Waals surface area contributed by atoms with E-state index in [1.165, 1.54) is 9.75 Å². The third-order valence-corrected chi connectivity index (χ3v) is 3.24. The van der Waals surface area contributed by atoms with Crippen LogP contribution in [0.4, 0.5) is 0 Å². The molecule has 0 unspecified atom stereocenters. The van der Waals surface area contributed by atoms with Crippen LogP contribution in [-0.2, 0) is 17.6 Å². The number of ketones is 1. The van der Waals surface area contributed by atoms with Crippen molar-refractivity contribution in [3.63, 3.8) is 0 Å². The van der Waals surface area contributed by atoms with Crippen molar-refractivity contribution in [3.8, 4) is 0 Å². The molecule has 1 heterocycles. The van der Waals surface area contributed by atoms with E-state index in [9.17, 15) is 4.79 Å². The summed E-state index contributed by atoms with van der Waals surface area (Å²) in [6.45, 7) is 5.50. The van der Waals surface area contributed by atoms with Crippen LogP contribution in [0, 0.1) is 0 Å². The van der Waals surface area contributed by atoms with Crippen molar-refractivity contribution in [3.05, 3.63) is 21.9 Å².